The van der Waals surface area contributed by atoms with Gasteiger partial charge in [-0.3, -0.25) is 9.98 Å². The van der Waals surface area contributed by atoms with Crippen molar-refractivity contribution in [2.75, 3.05) is 26.2 Å². The molecule has 4 aromatic carbocycles. The van der Waals surface area contributed by atoms with E-state index in [1.165, 1.54) is 0 Å². The van der Waals surface area contributed by atoms with Gasteiger partial charge in [-0.05, 0) is 72.8 Å². The van der Waals surface area contributed by atoms with Crippen molar-refractivity contribution in [1.29, 1.82) is 0 Å². The molecule has 2 aliphatic rings. The first-order valence-electron chi connectivity index (χ1n) is 16.2. The number of nitrogens with zero attached hydrogens (tertiary/aromatic N) is 6. The summed E-state index contributed by atoms with van der Waals surface area (Å²) in [5, 5.41) is 6.67. The summed E-state index contributed by atoms with van der Waals surface area (Å²) in [5.41, 5.74) is 11.7. The third kappa shape index (κ3) is 4.68. The summed E-state index contributed by atoms with van der Waals surface area (Å²) in [6.45, 7) is 3.38. The molecule has 8 aromatic rings. The Morgan fingerprint density at radius 2 is 0.833 bits per heavy atom. The smallest absolute Gasteiger partial charge is 0.138 e. The zero-order chi connectivity index (χ0) is 31.6. The molecular weight excluding hydrogens is 600 g/mol. The lowest BCUT2D eigenvalue weighted by atomic mass is 10.2. The first-order valence-corrected chi connectivity index (χ1v) is 16.2. The molecule has 2 aliphatic heterocycles. The minimum atomic E-state index is 0.730. The van der Waals surface area contributed by atoms with E-state index in [0.717, 1.165) is 140 Å². The minimum Gasteiger partial charge on any atom is -0.368 e. The summed E-state index contributed by atoms with van der Waals surface area (Å²) >= 11 is 0. The molecule has 0 radical (unpaired) electrons. The van der Waals surface area contributed by atoms with Gasteiger partial charge in [0.2, 0.25) is 0 Å². The fourth-order valence-corrected chi connectivity index (χ4v) is 6.65. The Hall–Kier alpha value is -6.30. The maximum atomic E-state index is 4.91. The van der Waals surface area contributed by atoms with E-state index in [1.807, 2.05) is 0 Å². The monoisotopic (exact) mass is 630 g/mol. The van der Waals surface area contributed by atoms with Crippen molar-refractivity contribution in [3.05, 3.63) is 95.6 Å². The third-order valence-corrected chi connectivity index (χ3v) is 9.07. The highest BCUT2D eigenvalue weighted by Crippen LogP contribution is 2.27. The molecule has 10 rings (SSSR count). The van der Waals surface area contributed by atoms with Gasteiger partial charge >= 0.3 is 0 Å². The van der Waals surface area contributed by atoms with E-state index in [2.05, 4.69) is 113 Å². The number of nitrogens with one attached hydrogen (secondary N) is 6. The van der Waals surface area contributed by atoms with Crippen LogP contribution in [0, 0.1) is 0 Å². The van der Waals surface area contributed by atoms with Crippen LogP contribution in [0.5, 0.6) is 0 Å². The number of benzene rings is 4. The quantitative estimate of drug-likeness (QED) is 0.145. The minimum absolute atomic E-state index is 0.730. The third-order valence-electron chi connectivity index (χ3n) is 9.07. The molecule has 48 heavy (non-hydrogen) atoms. The van der Waals surface area contributed by atoms with E-state index in [9.17, 15) is 0 Å². The molecule has 0 bridgehead atoms. The zero-order valence-corrected chi connectivity index (χ0v) is 25.9. The number of imidazole rings is 4. The van der Waals surface area contributed by atoms with Gasteiger partial charge in [-0.15, -0.1) is 0 Å². The van der Waals surface area contributed by atoms with Gasteiger partial charge in [0, 0.05) is 48.2 Å². The number of H-pyrrole nitrogens is 4. The number of fused-ring (bicyclic) bond motifs is 4. The van der Waals surface area contributed by atoms with Crippen LogP contribution < -0.4 is 10.6 Å². The van der Waals surface area contributed by atoms with Gasteiger partial charge < -0.3 is 30.6 Å². The normalized spacial score (nSPS) is 14.7. The molecule has 12 nitrogen and oxygen atoms in total. The van der Waals surface area contributed by atoms with Crippen LogP contribution in [0.15, 0.2) is 82.8 Å². The first kappa shape index (κ1) is 26.9. The van der Waals surface area contributed by atoms with Crippen molar-refractivity contribution in [2.24, 2.45) is 9.98 Å². The van der Waals surface area contributed by atoms with Crippen molar-refractivity contribution in [2.45, 2.75) is 12.8 Å². The number of aromatic amines is 4. The highest BCUT2D eigenvalue weighted by Gasteiger charge is 2.15. The molecule has 0 aliphatic carbocycles. The van der Waals surface area contributed by atoms with Crippen LogP contribution in [0.1, 0.15) is 22.8 Å². The summed E-state index contributed by atoms with van der Waals surface area (Å²) < 4.78 is 0. The van der Waals surface area contributed by atoms with E-state index < -0.39 is 0 Å². The molecule has 0 saturated heterocycles. The molecule has 6 heterocycles. The lowest BCUT2D eigenvalue weighted by Gasteiger charge is -2.01. The fraction of sp³-hybridized carbons (Fsp3) is 0.167. The van der Waals surface area contributed by atoms with Gasteiger partial charge in [0.15, 0.2) is 0 Å². The highest BCUT2D eigenvalue weighted by molar-refractivity contribution is 6.03. The van der Waals surface area contributed by atoms with Gasteiger partial charge in [-0.25, -0.2) is 19.9 Å². The van der Waals surface area contributed by atoms with Crippen molar-refractivity contribution in [1.82, 2.24) is 50.5 Å². The Morgan fingerprint density at radius 3 is 1.27 bits per heavy atom. The summed E-state index contributed by atoms with van der Waals surface area (Å²) in [7, 11) is 0. The van der Waals surface area contributed by atoms with Crippen molar-refractivity contribution >= 4 is 55.8 Å². The fourth-order valence-electron chi connectivity index (χ4n) is 6.65. The number of aromatic nitrogens is 8. The van der Waals surface area contributed by atoms with Crippen LogP contribution in [0.3, 0.4) is 0 Å². The Morgan fingerprint density at radius 1 is 0.438 bits per heavy atom. The average Bonchev–Trinajstić information content (AvgIpc) is 3.97. The number of amidine groups is 2. The Balaban J connectivity index is 0.861. The Kier molecular flexibility index (Phi) is 5.95. The Bertz CT molecular complexity index is 2410. The molecule has 0 atom stereocenters. The standard InChI is InChI=1S/C36H30N12/c1-7-25-29(15-19(1)33-37-11-12-38-33)47-35(45-25)21-3-5-23-27(17-21)43-31(41-23)9-10-32-42-24-6-4-22(18-28(24)44-32)36-46-26-8-2-20(16-30(26)48-36)34-39-13-14-40-34/h1-8,15-18H,9-14H2,(H,37,38)(H,39,40)(H,41,43)(H,42,44)(H,45,47)(H,46,48). The van der Waals surface area contributed by atoms with Crippen LogP contribution in [-0.2, 0) is 12.8 Å². The predicted octanol–water partition coefficient (Wildman–Crippen LogP) is 5.01. The van der Waals surface area contributed by atoms with E-state index in [1.54, 1.807) is 0 Å². The molecular formula is C36H30N12. The van der Waals surface area contributed by atoms with Crippen LogP contribution in [0.25, 0.3) is 66.9 Å². The second-order valence-electron chi connectivity index (χ2n) is 12.3. The molecule has 12 heteroatoms. The van der Waals surface area contributed by atoms with Crippen LogP contribution in [0.2, 0.25) is 0 Å². The molecule has 0 fully saturated rings. The second kappa shape index (κ2) is 10.6. The van der Waals surface area contributed by atoms with Crippen molar-refractivity contribution < 1.29 is 0 Å². The first-order chi connectivity index (χ1) is 23.7. The average molecular weight is 631 g/mol. The van der Waals surface area contributed by atoms with Gasteiger partial charge in [0.1, 0.15) is 35.0 Å². The highest BCUT2D eigenvalue weighted by atomic mass is 15.1. The summed E-state index contributed by atoms with van der Waals surface area (Å²) in [6.07, 6.45) is 1.46. The topological polar surface area (TPSA) is 163 Å². The van der Waals surface area contributed by atoms with Crippen molar-refractivity contribution in [3.63, 3.8) is 0 Å². The molecule has 0 spiro atoms. The summed E-state index contributed by atoms with van der Waals surface area (Å²) in [4.78, 5) is 42.5. The largest absolute Gasteiger partial charge is 0.368 e. The van der Waals surface area contributed by atoms with Gasteiger partial charge in [-0.2, -0.15) is 0 Å². The van der Waals surface area contributed by atoms with Crippen LogP contribution in [0.4, 0.5) is 0 Å². The maximum Gasteiger partial charge on any atom is 0.138 e. The van der Waals surface area contributed by atoms with E-state index in [4.69, 9.17) is 19.9 Å². The Labute approximate surface area is 273 Å². The molecule has 6 N–H and O–H groups in total. The van der Waals surface area contributed by atoms with Gasteiger partial charge in [-0.1, -0.05) is 0 Å². The predicted molar refractivity (Wildman–Crippen MR) is 189 cm³/mol. The molecule has 234 valence electrons. The van der Waals surface area contributed by atoms with E-state index in [0.29, 0.717) is 0 Å². The number of aliphatic imine (C=N–C) groups is 2. The number of hydrogen-bond acceptors (Lipinski definition) is 8. The lowest BCUT2D eigenvalue weighted by Crippen LogP contribution is -2.19. The lowest BCUT2D eigenvalue weighted by molar-refractivity contribution is 0.844. The number of aryl methyl sites for hydroxylation is 2. The zero-order valence-electron chi connectivity index (χ0n) is 25.9. The molecule has 0 unspecified atom stereocenters. The van der Waals surface area contributed by atoms with E-state index >= 15 is 0 Å². The summed E-state index contributed by atoms with van der Waals surface area (Å²) in [5.74, 6) is 5.35. The molecule has 4 aromatic heterocycles. The number of hydrogen-bond donors (Lipinski definition) is 6. The van der Waals surface area contributed by atoms with Gasteiger partial charge in [0.25, 0.3) is 0 Å². The van der Waals surface area contributed by atoms with E-state index in [-0.39, 0.29) is 0 Å². The van der Waals surface area contributed by atoms with Gasteiger partial charge in [0.05, 0.1) is 57.2 Å². The van der Waals surface area contributed by atoms with Crippen LogP contribution in [-0.4, -0.2) is 77.7 Å². The van der Waals surface area contributed by atoms with Crippen LogP contribution >= 0.6 is 0 Å². The molecule has 0 amide bonds. The maximum absolute atomic E-state index is 4.91. The molecule has 0 saturated carbocycles. The van der Waals surface area contributed by atoms with Crippen molar-refractivity contribution in [3.8, 4) is 22.8 Å². The second-order valence-corrected chi connectivity index (χ2v) is 12.3. The SMILES string of the molecule is c1cc2[nH]c(-c3ccc4[nH]c(CCc5nc6cc(-c7nc8cc(C9=NCCN9)ccc8[nH]7)ccc6[nH]5)nc4c3)nc2cc1C1=NCCN1. The number of rotatable bonds is 7. The summed E-state index contributed by atoms with van der Waals surface area (Å²) in [6, 6.07) is 24.9.